The van der Waals surface area contributed by atoms with Crippen LogP contribution in [0.1, 0.15) is 63.0 Å². The van der Waals surface area contributed by atoms with Gasteiger partial charge in [0, 0.05) is 42.5 Å². The van der Waals surface area contributed by atoms with Crippen molar-refractivity contribution in [3.8, 4) is 0 Å². The minimum absolute atomic E-state index is 0.402. The van der Waals surface area contributed by atoms with Gasteiger partial charge in [0.2, 0.25) is 0 Å². The highest BCUT2D eigenvalue weighted by Gasteiger charge is 2.33. The van der Waals surface area contributed by atoms with Crippen molar-refractivity contribution in [2.45, 2.75) is 78.6 Å². The van der Waals surface area contributed by atoms with E-state index in [0.717, 1.165) is 13.1 Å². The third-order valence-corrected chi connectivity index (χ3v) is 4.96. The lowest BCUT2D eigenvalue weighted by atomic mass is 9.92. The van der Waals surface area contributed by atoms with Gasteiger partial charge in [0.15, 0.2) is 0 Å². The van der Waals surface area contributed by atoms with Crippen LogP contribution in [0, 0.1) is 13.8 Å². The average Bonchev–Trinajstić information content (AvgIpc) is 2.72. The first-order valence-corrected chi connectivity index (χ1v) is 8.02. The molecule has 3 unspecified atom stereocenters. The lowest BCUT2D eigenvalue weighted by Crippen LogP contribution is -2.49. The van der Waals surface area contributed by atoms with E-state index in [2.05, 4.69) is 49.3 Å². The fraction of sp³-hybridized carbons (Fsp3) is 0.812. The minimum atomic E-state index is 0.402. The summed E-state index contributed by atoms with van der Waals surface area (Å²) in [7, 11) is 0. The second-order valence-electron chi connectivity index (χ2n) is 6.19. The molecular weight excluding hydrogens is 248 g/mol. The van der Waals surface area contributed by atoms with Gasteiger partial charge < -0.3 is 5.73 Å². The summed E-state index contributed by atoms with van der Waals surface area (Å²) < 4.78 is 2.12. The molecule has 2 N–H and O–H groups in total. The lowest BCUT2D eigenvalue weighted by Gasteiger charge is -2.44. The molecule has 2 rings (SSSR count). The van der Waals surface area contributed by atoms with Gasteiger partial charge in [-0.3, -0.25) is 9.58 Å². The summed E-state index contributed by atoms with van der Waals surface area (Å²) >= 11 is 0. The minimum Gasteiger partial charge on any atom is -0.329 e. The van der Waals surface area contributed by atoms with E-state index in [1.54, 1.807) is 0 Å². The summed E-state index contributed by atoms with van der Waals surface area (Å²) in [5, 5.41) is 4.68. The van der Waals surface area contributed by atoms with Crippen molar-refractivity contribution < 1.29 is 0 Å². The van der Waals surface area contributed by atoms with Crippen molar-refractivity contribution in [2.75, 3.05) is 6.54 Å². The molecule has 1 aromatic heterocycles. The third kappa shape index (κ3) is 2.63. The van der Waals surface area contributed by atoms with Crippen molar-refractivity contribution >= 4 is 0 Å². The van der Waals surface area contributed by atoms with Gasteiger partial charge in [-0.25, -0.2) is 0 Å². The van der Waals surface area contributed by atoms with E-state index in [4.69, 9.17) is 5.73 Å². The van der Waals surface area contributed by atoms with Crippen molar-refractivity contribution in [1.29, 1.82) is 0 Å². The van der Waals surface area contributed by atoms with Gasteiger partial charge in [0.25, 0.3) is 0 Å². The standard InChI is InChI=1S/C16H30N4/c1-6-19-13(4)16(12(3)18-19)14(5)20-11(2)8-7-9-15(20)10-17/h11,14-15H,6-10,17H2,1-5H3. The van der Waals surface area contributed by atoms with Crippen LogP contribution in [0.3, 0.4) is 0 Å². The van der Waals surface area contributed by atoms with Gasteiger partial charge in [-0.05, 0) is 47.5 Å². The van der Waals surface area contributed by atoms with Crippen LogP contribution in [-0.2, 0) is 6.54 Å². The number of piperidine rings is 1. The Bertz CT molecular complexity index is 452. The van der Waals surface area contributed by atoms with E-state index < -0.39 is 0 Å². The summed E-state index contributed by atoms with van der Waals surface area (Å²) in [6.07, 6.45) is 3.81. The summed E-state index contributed by atoms with van der Waals surface area (Å²) in [5.41, 5.74) is 9.90. The van der Waals surface area contributed by atoms with E-state index >= 15 is 0 Å². The molecule has 0 amide bonds. The van der Waals surface area contributed by atoms with E-state index in [0.29, 0.717) is 18.1 Å². The maximum atomic E-state index is 6.02. The molecule has 2 heterocycles. The molecule has 1 aliphatic rings. The van der Waals surface area contributed by atoms with E-state index in [9.17, 15) is 0 Å². The largest absolute Gasteiger partial charge is 0.329 e. The lowest BCUT2D eigenvalue weighted by molar-refractivity contribution is 0.0565. The van der Waals surface area contributed by atoms with Crippen LogP contribution >= 0.6 is 0 Å². The number of hydrogen-bond acceptors (Lipinski definition) is 3. The molecule has 1 aromatic rings. The summed E-state index contributed by atoms with van der Waals surface area (Å²) in [6.45, 7) is 12.8. The van der Waals surface area contributed by atoms with Crippen LogP contribution in [0.4, 0.5) is 0 Å². The van der Waals surface area contributed by atoms with Gasteiger partial charge >= 0.3 is 0 Å². The second kappa shape index (κ2) is 6.27. The first-order valence-electron chi connectivity index (χ1n) is 8.02. The number of aryl methyl sites for hydroxylation is 2. The van der Waals surface area contributed by atoms with E-state index in [1.165, 1.54) is 36.2 Å². The van der Waals surface area contributed by atoms with Gasteiger partial charge in [-0.15, -0.1) is 0 Å². The molecule has 4 heteroatoms. The molecule has 0 saturated carbocycles. The zero-order valence-corrected chi connectivity index (χ0v) is 13.7. The van der Waals surface area contributed by atoms with Gasteiger partial charge in [0.1, 0.15) is 0 Å². The fourth-order valence-corrected chi connectivity index (χ4v) is 4.02. The molecule has 20 heavy (non-hydrogen) atoms. The molecule has 1 saturated heterocycles. The van der Waals surface area contributed by atoms with Crippen LogP contribution in [0.2, 0.25) is 0 Å². The number of nitrogens with two attached hydrogens (primary N) is 1. The molecule has 0 radical (unpaired) electrons. The molecule has 1 aliphatic heterocycles. The summed E-state index contributed by atoms with van der Waals surface area (Å²) in [6, 6.07) is 1.52. The number of hydrogen-bond donors (Lipinski definition) is 1. The molecule has 0 aromatic carbocycles. The Labute approximate surface area is 123 Å². The van der Waals surface area contributed by atoms with Crippen molar-refractivity contribution in [2.24, 2.45) is 5.73 Å². The van der Waals surface area contributed by atoms with Gasteiger partial charge in [-0.2, -0.15) is 5.10 Å². The monoisotopic (exact) mass is 278 g/mol. The Hall–Kier alpha value is -0.870. The number of rotatable bonds is 4. The molecule has 0 bridgehead atoms. The maximum Gasteiger partial charge on any atom is 0.0644 e. The normalized spacial score (nSPS) is 25.9. The zero-order chi connectivity index (χ0) is 14.9. The quantitative estimate of drug-likeness (QED) is 0.921. The summed E-state index contributed by atoms with van der Waals surface area (Å²) in [5.74, 6) is 0. The molecule has 114 valence electrons. The molecule has 0 spiro atoms. The SMILES string of the molecule is CCn1nc(C)c(C(C)N2C(C)CCCC2CN)c1C. The highest BCUT2D eigenvalue weighted by atomic mass is 15.3. The maximum absolute atomic E-state index is 6.02. The van der Waals surface area contributed by atoms with Gasteiger partial charge in [-0.1, -0.05) is 6.42 Å². The molecular formula is C16H30N4. The summed E-state index contributed by atoms with van der Waals surface area (Å²) in [4.78, 5) is 2.63. The molecule has 0 aliphatic carbocycles. The Morgan fingerprint density at radius 1 is 1.35 bits per heavy atom. The molecule has 3 atom stereocenters. The average molecular weight is 278 g/mol. The number of aromatic nitrogens is 2. The second-order valence-corrected chi connectivity index (χ2v) is 6.19. The van der Waals surface area contributed by atoms with Gasteiger partial charge in [0.05, 0.1) is 5.69 Å². The van der Waals surface area contributed by atoms with Crippen molar-refractivity contribution in [3.05, 3.63) is 17.0 Å². The predicted molar refractivity (Wildman–Crippen MR) is 83.8 cm³/mol. The van der Waals surface area contributed by atoms with Crippen molar-refractivity contribution in [1.82, 2.24) is 14.7 Å². The van der Waals surface area contributed by atoms with Crippen LogP contribution in [0.15, 0.2) is 0 Å². The van der Waals surface area contributed by atoms with Crippen molar-refractivity contribution in [3.63, 3.8) is 0 Å². The Balaban J connectivity index is 2.33. The number of likely N-dealkylation sites (tertiary alicyclic amines) is 1. The van der Waals surface area contributed by atoms with E-state index in [-0.39, 0.29) is 0 Å². The third-order valence-electron chi connectivity index (χ3n) is 4.96. The van der Waals surface area contributed by atoms with E-state index in [1.807, 2.05) is 0 Å². The molecule has 1 fully saturated rings. The smallest absolute Gasteiger partial charge is 0.0644 e. The number of nitrogens with zero attached hydrogens (tertiary/aromatic N) is 3. The fourth-order valence-electron chi connectivity index (χ4n) is 4.02. The van der Waals surface area contributed by atoms with Crippen LogP contribution in [0.5, 0.6) is 0 Å². The topological polar surface area (TPSA) is 47.1 Å². The Morgan fingerprint density at radius 3 is 2.60 bits per heavy atom. The first-order chi connectivity index (χ1) is 9.51. The predicted octanol–water partition coefficient (Wildman–Crippen LogP) is 2.78. The highest BCUT2D eigenvalue weighted by Crippen LogP contribution is 2.34. The molecule has 4 nitrogen and oxygen atoms in total. The Morgan fingerprint density at radius 2 is 2.05 bits per heavy atom. The highest BCUT2D eigenvalue weighted by molar-refractivity contribution is 5.28. The van der Waals surface area contributed by atoms with Crippen LogP contribution < -0.4 is 5.73 Å². The van der Waals surface area contributed by atoms with Crippen LogP contribution in [0.25, 0.3) is 0 Å². The Kier molecular flexibility index (Phi) is 4.86. The first kappa shape index (κ1) is 15.5. The van der Waals surface area contributed by atoms with Crippen LogP contribution in [-0.4, -0.2) is 33.3 Å². The zero-order valence-electron chi connectivity index (χ0n) is 13.7.